The van der Waals surface area contributed by atoms with Crippen molar-refractivity contribution >= 4 is 22.1 Å². The van der Waals surface area contributed by atoms with Gasteiger partial charge in [0.25, 0.3) is 0 Å². The third-order valence-corrected chi connectivity index (χ3v) is 2.80. The maximum absolute atomic E-state index is 5.71. The van der Waals surface area contributed by atoms with Crippen molar-refractivity contribution in [3.63, 3.8) is 0 Å². The SMILES string of the molecule is Nc1csc2nc(-c3cc[nH]c3)nn12. The Bertz CT molecular complexity index is 562. The highest BCUT2D eigenvalue weighted by atomic mass is 32.1. The molecular weight excluding hydrogens is 198 g/mol. The molecule has 6 heteroatoms. The molecule has 3 heterocycles. The molecule has 3 N–H and O–H groups in total. The molecule has 3 aromatic heterocycles. The molecular formula is C8H7N5S. The number of rotatable bonds is 1. The Morgan fingerprint density at radius 2 is 2.43 bits per heavy atom. The number of thiazole rings is 1. The van der Waals surface area contributed by atoms with E-state index in [2.05, 4.69) is 15.1 Å². The van der Waals surface area contributed by atoms with Crippen LogP contribution in [0.15, 0.2) is 23.8 Å². The number of aromatic amines is 1. The zero-order valence-corrected chi connectivity index (χ0v) is 7.95. The fraction of sp³-hybridized carbons (Fsp3) is 0. The van der Waals surface area contributed by atoms with Gasteiger partial charge < -0.3 is 10.7 Å². The minimum Gasteiger partial charge on any atom is -0.383 e. The molecule has 3 rings (SSSR count). The molecule has 0 aliphatic rings. The van der Waals surface area contributed by atoms with Crippen molar-refractivity contribution in [2.45, 2.75) is 0 Å². The first-order valence-corrected chi connectivity index (χ1v) is 4.95. The van der Waals surface area contributed by atoms with Gasteiger partial charge in [-0.3, -0.25) is 0 Å². The summed E-state index contributed by atoms with van der Waals surface area (Å²) >= 11 is 1.49. The van der Waals surface area contributed by atoms with Crippen LogP contribution in [0.5, 0.6) is 0 Å². The molecule has 5 nitrogen and oxygen atoms in total. The van der Waals surface area contributed by atoms with E-state index in [0.717, 1.165) is 10.5 Å². The average molecular weight is 205 g/mol. The van der Waals surface area contributed by atoms with Crippen molar-refractivity contribution in [2.75, 3.05) is 5.73 Å². The number of anilines is 1. The van der Waals surface area contributed by atoms with Crippen molar-refractivity contribution < 1.29 is 0 Å². The second kappa shape index (κ2) is 2.58. The number of aromatic nitrogens is 4. The first-order chi connectivity index (χ1) is 6.84. The Morgan fingerprint density at radius 1 is 1.50 bits per heavy atom. The van der Waals surface area contributed by atoms with E-state index in [1.165, 1.54) is 11.3 Å². The smallest absolute Gasteiger partial charge is 0.214 e. The number of fused-ring (bicyclic) bond motifs is 1. The molecule has 0 atom stereocenters. The summed E-state index contributed by atoms with van der Waals surface area (Å²) in [5.41, 5.74) is 6.68. The van der Waals surface area contributed by atoms with Crippen molar-refractivity contribution in [1.82, 2.24) is 19.6 Å². The maximum atomic E-state index is 5.71. The molecule has 70 valence electrons. The predicted molar refractivity (Wildman–Crippen MR) is 55.1 cm³/mol. The lowest BCUT2D eigenvalue weighted by molar-refractivity contribution is 0.994. The van der Waals surface area contributed by atoms with Crippen LogP contribution in [-0.2, 0) is 0 Å². The van der Waals surface area contributed by atoms with Gasteiger partial charge in [-0.05, 0) is 6.07 Å². The van der Waals surface area contributed by atoms with Gasteiger partial charge >= 0.3 is 0 Å². The second-order valence-corrected chi connectivity index (χ2v) is 3.73. The summed E-state index contributed by atoms with van der Waals surface area (Å²) in [6, 6.07) is 1.93. The number of hydrogen-bond acceptors (Lipinski definition) is 4. The Morgan fingerprint density at radius 3 is 3.14 bits per heavy atom. The van der Waals surface area contributed by atoms with Gasteiger partial charge in [-0.2, -0.15) is 9.50 Å². The van der Waals surface area contributed by atoms with Gasteiger partial charge in [0.2, 0.25) is 4.96 Å². The Kier molecular flexibility index (Phi) is 1.40. The van der Waals surface area contributed by atoms with Crippen molar-refractivity contribution in [2.24, 2.45) is 0 Å². The van der Waals surface area contributed by atoms with Crippen molar-refractivity contribution in [3.8, 4) is 11.4 Å². The van der Waals surface area contributed by atoms with Crippen LogP contribution in [0.1, 0.15) is 0 Å². The van der Waals surface area contributed by atoms with Gasteiger partial charge in [0.05, 0.1) is 0 Å². The Labute approximate surface area is 83.2 Å². The third-order valence-electron chi connectivity index (χ3n) is 1.96. The van der Waals surface area contributed by atoms with Gasteiger partial charge in [0.1, 0.15) is 5.82 Å². The van der Waals surface area contributed by atoms with Gasteiger partial charge in [-0.15, -0.1) is 16.4 Å². The summed E-state index contributed by atoms with van der Waals surface area (Å²) in [5.74, 6) is 1.32. The largest absolute Gasteiger partial charge is 0.383 e. The quantitative estimate of drug-likeness (QED) is 0.630. The Balaban J connectivity index is 2.24. The topological polar surface area (TPSA) is 72.0 Å². The zero-order valence-electron chi connectivity index (χ0n) is 7.14. The molecule has 0 saturated heterocycles. The normalized spacial score (nSPS) is 11.1. The van der Waals surface area contributed by atoms with Gasteiger partial charge in [0, 0.05) is 23.3 Å². The predicted octanol–water partition coefficient (Wildman–Crippen LogP) is 1.37. The minimum atomic E-state index is 0.624. The van der Waals surface area contributed by atoms with Gasteiger partial charge in [0.15, 0.2) is 5.82 Å². The molecule has 0 unspecified atom stereocenters. The fourth-order valence-corrected chi connectivity index (χ4v) is 2.00. The lowest BCUT2D eigenvalue weighted by Gasteiger charge is -1.86. The maximum Gasteiger partial charge on any atom is 0.214 e. The highest BCUT2D eigenvalue weighted by molar-refractivity contribution is 7.15. The lowest BCUT2D eigenvalue weighted by atomic mass is 10.3. The van der Waals surface area contributed by atoms with E-state index in [1.54, 1.807) is 4.52 Å². The van der Waals surface area contributed by atoms with Crippen molar-refractivity contribution in [1.29, 1.82) is 0 Å². The summed E-state index contributed by atoms with van der Waals surface area (Å²) in [6.07, 6.45) is 3.70. The molecule has 0 aliphatic carbocycles. The van der Waals surface area contributed by atoms with E-state index in [1.807, 2.05) is 23.8 Å². The van der Waals surface area contributed by atoms with Crippen LogP contribution < -0.4 is 5.73 Å². The standard InChI is InChI=1S/C8H7N5S/c9-6-4-14-8-11-7(12-13(6)8)5-1-2-10-3-5/h1-4,10H,9H2. The van der Waals surface area contributed by atoms with Crippen LogP contribution in [-0.4, -0.2) is 19.6 Å². The van der Waals surface area contributed by atoms with Gasteiger partial charge in [-0.25, -0.2) is 0 Å². The van der Waals surface area contributed by atoms with E-state index in [4.69, 9.17) is 5.73 Å². The van der Waals surface area contributed by atoms with Crippen molar-refractivity contribution in [3.05, 3.63) is 23.8 Å². The molecule has 14 heavy (non-hydrogen) atoms. The summed E-state index contributed by atoms with van der Waals surface area (Å²) in [6.45, 7) is 0. The molecule has 0 fully saturated rings. The summed E-state index contributed by atoms with van der Waals surface area (Å²) in [5, 5.41) is 6.12. The summed E-state index contributed by atoms with van der Waals surface area (Å²) < 4.78 is 1.65. The first-order valence-electron chi connectivity index (χ1n) is 4.07. The van der Waals surface area contributed by atoms with Crippen LogP contribution in [0.2, 0.25) is 0 Å². The fourth-order valence-electron chi connectivity index (χ4n) is 1.29. The highest BCUT2D eigenvalue weighted by Gasteiger charge is 2.09. The molecule has 0 spiro atoms. The number of nitrogen functional groups attached to an aromatic ring is 1. The number of nitrogens with one attached hydrogen (secondary N) is 1. The number of hydrogen-bond donors (Lipinski definition) is 2. The minimum absolute atomic E-state index is 0.624. The summed E-state index contributed by atoms with van der Waals surface area (Å²) in [7, 11) is 0. The van der Waals surface area contributed by atoms with E-state index < -0.39 is 0 Å². The first kappa shape index (κ1) is 7.57. The molecule has 0 aromatic carbocycles. The number of H-pyrrole nitrogens is 1. The van der Waals surface area contributed by atoms with Crippen LogP contribution in [0.25, 0.3) is 16.3 Å². The molecule has 0 bridgehead atoms. The molecule has 0 aliphatic heterocycles. The monoisotopic (exact) mass is 205 g/mol. The van der Waals surface area contributed by atoms with E-state index in [9.17, 15) is 0 Å². The molecule has 3 aromatic rings. The Hall–Kier alpha value is -1.82. The van der Waals surface area contributed by atoms with Crippen LogP contribution >= 0.6 is 11.3 Å². The third kappa shape index (κ3) is 0.942. The van der Waals surface area contributed by atoms with E-state index in [0.29, 0.717) is 11.6 Å². The zero-order chi connectivity index (χ0) is 9.54. The summed E-state index contributed by atoms with van der Waals surface area (Å²) in [4.78, 5) is 8.13. The number of nitrogens with two attached hydrogens (primary N) is 1. The second-order valence-electron chi connectivity index (χ2n) is 2.89. The lowest BCUT2D eigenvalue weighted by Crippen LogP contribution is -1.92. The highest BCUT2D eigenvalue weighted by Crippen LogP contribution is 2.20. The molecule has 0 radical (unpaired) electrons. The van der Waals surface area contributed by atoms with E-state index >= 15 is 0 Å². The van der Waals surface area contributed by atoms with Crippen LogP contribution in [0, 0.1) is 0 Å². The van der Waals surface area contributed by atoms with Gasteiger partial charge in [-0.1, -0.05) is 0 Å². The van der Waals surface area contributed by atoms with Crippen LogP contribution in [0.4, 0.5) is 5.82 Å². The number of nitrogens with zero attached hydrogens (tertiary/aromatic N) is 3. The molecule has 0 saturated carbocycles. The van der Waals surface area contributed by atoms with Crippen LogP contribution in [0.3, 0.4) is 0 Å². The molecule has 0 amide bonds. The van der Waals surface area contributed by atoms with E-state index in [-0.39, 0.29) is 0 Å². The average Bonchev–Trinajstić information content (AvgIpc) is 2.83.